The SMILES string of the molecule is CC(=O)NCc1c(C)[nH]c(N(C)C)cc1=O. The van der Waals surface area contributed by atoms with Gasteiger partial charge in [-0.05, 0) is 6.92 Å². The summed E-state index contributed by atoms with van der Waals surface area (Å²) in [5.74, 6) is 0.615. The largest absolute Gasteiger partial charge is 0.364 e. The second-order valence-corrected chi connectivity index (χ2v) is 3.93. The van der Waals surface area contributed by atoms with Gasteiger partial charge in [0.05, 0.1) is 0 Å². The molecule has 0 aromatic carbocycles. The normalized spacial score (nSPS) is 10.0. The van der Waals surface area contributed by atoms with E-state index in [4.69, 9.17) is 0 Å². The quantitative estimate of drug-likeness (QED) is 0.779. The van der Waals surface area contributed by atoms with Crippen LogP contribution in [0.5, 0.6) is 0 Å². The Balaban J connectivity index is 3.03. The summed E-state index contributed by atoms with van der Waals surface area (Å²) in [6.45, 7) is 3.52. The molecule has 0 aliphatic heterocycles. The van der Waals surface area contributed by atoms with Crippen LogP contribution < -0.4 is 15.6 Å². The van der Waals surface area contributed by atoms with E-state index in [1.165, 1.54) is 13.0 Å². The molecule has 0 saturated heterocycles. The summed E-state index contributed by atoms with van der Waals surface area (Å²) in [6.07, 6.45) is 0. The topological polar surface area (TPSA) is 65.2 Å². The van der Waals surface area contributed by atoms with E-state index in [-0.39, 0.29) is 17.9 Å². The van der Waals surface area contributed by atoms with Crippen LogP contribution in [0, 0.1) is 6.92 Å². The Labute approximate surface area is 94.5 Å². The third-order valence-electron chi connectivity index (χ3n) is 2.33. The van der Waals surface area contributed by atoms with Crippen molar-refractivity contribution < 1.29 is 4.79 Å². The molecule has 16 heavy (non-hydrogen) atoms. The molecule has 5 heteroatoms. The number of H-pyrrole nitrogens is 1. The maximum absolute atomic E-state index is 11.8. The Kier molecular flexibility index (Phi) is 3.71. The highest BCUT2D eigenvalue weighted by atomic mass is 16.1. The molecule has 0 saturated carbocycles. The number of amides is 1. The summed E-state index contributed by atoms with van der Waals surface area (Å²) in [7, 11) is 3.72. The van der Waals surface area contributed by atoms with Crippen LogP contribution in [0.15, 0.2) is 10.9 Å². The smallest absolute Gasteiger partial charge is 0.217 e. The summed E-state index contributed by atoms with van der Waals surface area (Å²) >= 11 is 0. The number of nitrogens with zero attached hydrogens (tertiary/aromatic N) is 1. The average molecular weight is 223 g/mol. The first-order chi connectivity index (χ1) is 7.41. The summed E-state index contributed by atoms with van der Waals surface area (Å²) in [6, 6.07) is 1.53. The molecular weight excluding hydrogens is 206 g/mol. The fraction of sp³-hybridized carbons (Fsp3) is 0.455. The van der Waals surface area contributed by atoms with E-state index in [2.05, 4.69) is 10.3 Å². The third kappa shape index (κ3) is 2.85. The molecule has 2 N–H and O–H groups in total. The van der Waals surface area contributed by atoms with Crippen molar-refractivity contribution >= 4 is 11.7 Å². The first kappa shape index (κ1) is 12.3. The molecule has 0 spiro atoms. The van der Waals surface area contributed by atoms with E-state index in [0.29, 0.717) is 5.56 Å². The van der Waals surface area contributed by atoms with E-state index >= 15 is 0 Å². The number of carbonyl (C=O) groups excluding carboxylic acids is 1. The van der Waals surface area contributed by atoms with Gasteiger partial charge in [-0.1, -0.05) is 0 Å². The van der Waals surface area contributed by atoms with E-state index in [1.807, 2.05) is 25.9 Å². The number of pyridine rings is 1. The van der Waals surface area contributed by atoms with E-state index < -0.39 is 0 Å². The maximum atomic E-state index is 11.8. The van der Waals surface area contributed by atoms with Gasteiger partial charge in [-0.3, -0.25) is 9.59 Å². The first-order valence-electron chi connectivity index (χ1n) is 5.06. The van der Waals surface area contributed by atoms with Crippen molar-refractivity contribution in [1.82, 2.24) is 10.3 Å². The first-order valence-corrected chi connectivity index (χ1v) is 5.06. The highest BCUT2D eigenvalue weighted by Crippen LogP contribution is 2.07. The predicted molar refractivity (Wildman–Crippen MR) is 63.6 cm³/mol. The Morgan fingerprint density at radius 3 is 2.56 bits per heavy atom. The molecule has 0 aliphatic carbocycles. The van der Waals surface area contributed by atoms with Gasteiger partial charge in [0, 0.05) is 44.9 Å². The summed E-state index contributed by atoms with van der Waals surface area (Å²) in [5, 5.41) is 2.62. The number of anilines is 1. The predicted octanol–water partition coefficient (Wildman–Crippen LogP) is 0.385. The lowest BCUT2D eigenvalue weighted by atomic mass is 10.2. The number of hydrogen-bond acceptors (Lipinski definition) is 3. The van der Waals surface area contributed by atoms with Crippen molar-refractivity contribution in [2.45, 2.75) is 20.4 Å². The number of rotatable bonds is 3. The lowest BCUT2D eigenvalue weighted by molar-refractivity contribution is -0.119. The van der Waals surface area contributed by atoms with Crippen LogP contribution in [0.2, 0.25) is 0 Å². The molecular formula is C11H17N3O2. The Morgan fingerprint density at radius 1 is 1.50 bits per heavy atom. The minimum atomic E-state index is -0.143. The zero-order valence-electron chi connectivity index (χ0n) is 10.0. The van der Waals surface area contributed by atoms with Crippen molar-refractivity contribution in [3.8, 4) is 0 Å². The molecule has 1 aromatic heterocycles. The van der Waals surface area contributed by atoms with Crippen LogP contribution in [-0.4, -0.2) is 25.0 Å². The maximum Gasteiger partial charge on any atom is 0.217 e. The Bertz CT molecular complexity index is 449. The highest BCUT2D eigenvalue weighted by Gasteiger charge is 2.07. The lowest BCUT2D eigenvalue weighted by Gasteiger charge is -2.14. The van der Waals surface area contributed by atoms with Crippen molar-refractivity contribution in [1.29, 1.82) is 0 Å². The van der Waals surface area contributed by atoms with Gasteiger partial charge >= 0.3 is 0 Å². The Morgan fingerprint density at radius 2 is 2.12 bits per heavy atom. The number of carbonyl (C=O) groups is 1. The van der Waals surface area contributed by atoms with Crippen molar-refractivity contribution in [3.63, 3.8) is 0 Å². The van der Waals surface area contributed by atoms with E-state index in [0.717, 1.165) is 11.5 Å². The standard InChI is InChI=1S/C11H17N3O2/c1-7-9(6-12-8(2)15)10(16)5-11(13-7)14(3)4/h5H,6H2,1-4H3,(H,12,15)(H,13,16). The molecule has 0 fully saturated rings. The van der Waals surface area contributed by atoms with Crippen molar-refractivity contribution in [3.05, 3.63) is 27.5 Å². The monoisotopic (exact) mass is 223 g/mol. The zero-order chi connectivity index (χ0) is 12.3. The molecule has 1 heterocycles. The van der Waals surface area contributed by atoms with Gasteiger partial charge in [-0.15, -0.1) is 0 Å². The van der Waals surface area contributed by atoms with Crippen LogP contribution in [0.25, 0.3) is 0 Å². The molecule has 88 valence electrons. The van der Waals surface area contributed by atoms with Crippen LogP contribution in [0.1, 0.15) is 18.2 Å². The molecule has 0 atom stereocenters. The zero-order valence-corrected chi connectivity index (χ0v) is 10.0. The number of aromatic nitrogens is 1. The fourth-order valence-corrected chi connectivity index (χ4v) is 1.37. The summed E-state index contributed by atoms with van der Waals surface area (Å²) < 4.78 is 0. The molecule has 0 aliphatic rings. The second kappa shape index (κ2) is 4.83. The van der Waals surface area contributed by atoms with Gasteiger partial charge in [0.1, 0.15) is 5.82 Å². The van der Waals surface area contributed by atoms with Gasteiger partial charge in [-0.2, -0.15) is 0 Å². The van der Waals surface area contributed by atoms with Crippen molar-refractivity contribution in [2.24, 2.45) is 0 Å². The number of hydrogen-bond donors (Lipinski definition) is 2. The number of aromatic amines is 1. The van der Waals surface area contributed by atoms with Crippen LogP contribution >= 0.6 is 0 Å². The average Bonchev–Trinajstić information content (AvgIpc) is 2.15. The van der Waals surface area contributed by atoms with Crippen LogP contribution in [-0.2, 0) is 11.3 Å². The summed E-state index contributed by atoms with van der Waals surface area (Å²) in [5.41, 5.74) is 1.32. The minimum absolute atomic E-state index is 0.0614. The third-order valence-corrected chi connectivity index (χ3v) is 2.33. The fourth-order valence-electron chi connectivity index (χ4n) is 1.37. The van der Waals surface area contributed by atoms with Gasteiger partial charge in [0.15, 0.2) is 5.43 Å². The van der Waals surface area contributed by atoms with Gasteiger partial charge in [-0.25, -0.2) is 0 Å². The molecule has 1 rings (SSSR count). The van der Waals surface area contributed by atoms with Gasteiger partial charge in [0.25, 0.3) is 0 Å². The number of aryl methyl sites for hydroxylation is 1. The van der Waals surface area contributed by atoms with Gasteiger partial charge < -0.3 is 15.2 Å². The molecule has 0 unspecified atom stereocenters. The number of nitrogens with one attached hydrogen (secondary N) is 2. The van der Waals surface area contributed by atoms with E-state index in [9.17, 15) is 9.59 Å². The second-order valence-electron chi connectivity index (χ2n) is 3.93. The molecule has 5 nitrogen and oxygen atoms in total. The minimum Gasteiger partial charge on any atom is -0.364 e. The molecule has 1 aromatic rings. The molecule has 0 radical (unpaired) electrons. The van der Waals surface area contributed by atoms with Crippen LogP contribution in [0.3, 0.4) is 0 Å². The van der Waals surface area contributed by atoms with Crippen molar-refractivity contribution in [2.75, 3.05) is 19.0 Å². The van der Waals surface area contributed by atoms with Crippen LogP contribution in [0.4, 0.5) is 5.82 Å². The Hall–Kier alpha value is -1.78. The van der Waals surface area contributed by atoms with E-state index in [1.54, 1.807) is 0 Å². The lowest BCUT2D eigenvalue weighted by Crippen LogP contribution is -2.26. The molecule has 0 bridgehead atoms. The van der Waals surface area contributed by atoms with Gasteiger partial charge in [0.2, 0.25) is 5.91 Å². The molecule has 1 amide bonds. The summed E-state index contributed by atoms with van der Waals surface area (Å²) in [4.78, 5) is 27.5. The highest BCUT2D eigenvalue weighted by molar-refractivity contribution is 5.72.